The van der Waals surface area contributed by atoms with Crippen molar-refractivity contribution in [2.75, 3.05) is 37.7 Å². The van der Waals surface area contributed by atoms with Crippen LogP contribution in [0.5, 0.6) is 5.75 Å². The summed E-state index contributed by atoms with van der Waals surface area (Å²) in [5.74, 6) is 1.69. The summed E-state index contributed by atoms with van der Waals surface area (Å²) >= 11 is 0. The van der Waals surface area contributed by atoms with Crippen LogP contribution in [0.2, 0.25) is 0 Å². The first-order valence-electron chi connectivity index (χ1n) is 8.54. The van der Waals surface area contributed by atoms with Gasteiger partial charge in [-0.15, -0.1) is 0 Å². The standard InChI is InChI=1S/C19H24N4O2/c1-14-4-5-17(10-15(14)2)25-12-19(24)23-8-6-22(7-9-23)18-11-16(3)20-13-21-18/h4-5,10-11,13H,6-9,12H2,1-3H3. The predicted octanol–water partition coefficient (Wildman–Crippen LogP) is 2.13. The number of anilines is 1. The fourth-order valence-electron chi connectivity index (χ4n) is 2.84. The summed E-state index contributed by atoms with van der Waals surface area (Å²) in [4.78, 5) is 24.8. The largest absolute Gasteiger partial charge is 0.484 e. The molecule has 25 heavy (non-hydrogen) atoms. The van der Waals surface area contributed by atoms with E-state index in [1.54, 1.807) is 6.33 Å². The average molecular weight is 340 g/mol. The number of carbonyl (C=O) groups excluding carboxylic acids is 1. The molecule has 0 atom stereocenters. The Morgan fingerprint density at radius 2 is 1.80 bits per heavy atom. The van der Waals surface area contributed by atoms with Crippen LogP contribution in [-0.2, 0) is 4.79 Å². The van der Waals surface area contributed by atoms with Gasteiger partial charge in [-0.05, 0) is 44.0 Å². The second-order valence-electron chi connectivity index (χ2n) is 6.42. The zero-order valence-electron chi connectivity index (χ0n) is 15.0. The first-order chi connectivity index (χ1) is 12.0. The third-order valence-electron chi connectivity index (χ3n) is 4.59. The lowest BCUT2D eigenvalue weighted by Gasteiger charge is -2.35. The Morgan fingerprint density at radius 1 is 1.04 bits per heavy atom. The quantitative estimate of drug-likeness (QED) is 0.853. The van der Waals surface area contributed by atoms with Crippen molar-refractivity contribution in [1.82, 2.24) is 14.9 Å². The lowest BCUT2D eigenvalue weighted by molar-refractivity contribution is -0.133. The maximum absolute atomic E-state index is 12.4. The van der Waals surface area contributed by atoms with E-state index in [4.69, 9.17) is 4.74 Å². The third-order valence-corrected chi connectivity index (χ3v) is 4.59. The van der Waals surface area contributed by atoms with Gasteiger partial charge in [0.2, 0.25) is 0 Å². The first kappa shape index (κ1) is 17.2. The molecule has 0 spiro atoms. The van der Waals surface area contributed by atoms with Crippen molar-refractivity contribution in [1.29, 1.82) is 0 Å². The molecule has 1 amide bonds. The van der Waals surface area contributed by atoms with E-state index in [1.165, 1.54) is 11.1 Å². The summed E-state index contributed by atoms with van der Waals surface area (Å²) in [6, 6.07) is 7.86. The van der Waals surface area contributed by atoms with Crippen LogP contribution in [0, 0.1) is 20.8 Å². The number of benzene rings is 1. The van der Waals surface area contributed by atoms with Crippen LogP contribution in [0.25, 0.3) is 0 Å². The number of carbonyl (C=O) groups is 1. The molecule has 0 saturated carbocycles. The van der Waals surface area contributed by atoms with Crippen molar-refractivity contribution in [3.63, 3.8) is 0 Å². The molecule has 132 valence electrons. The number of rotatable bonds is 4. The molecular formula is C19H24N4O2. The van der Waals surface area contributed by atoms with Crippen LogP contribution in [-0.4, -0.2) is 53.6 Å². The van der Waals surface area contributed by atoms with Crippen molar-refractivity contribution >= 4 is 11.7 Å². The number of aryl methyl sites for hydroxylation is 3. The minimum Gasteiger partial charge on any atom is -0.484 e. The van der Waals surface area contributed by atoms with Gasteiger partial charge in [0.05, 0.1) is 0 Å². The van der Waals surface area contributed by atoms with Gasteiger partial charge in [0.15, 0.2) is 6.61 Å². The van der Waals surface area contributed by atoms with Gasteiger partial charge in [0, 0.05) is 37.9 Å². The number of hydrogen-bond acceptors (Lipinski definition) is 5. The van der Waals surface area contributed by atoms with Gasteiger partial charge in [-0.2, -0.15) is 0 Å². The van der Waals surface area contributed by atoms with Crippen molar-refractivity contribution in [3.05, 3.63) is 47.4 Å². The Bertz CT molecular complexity index is 755. The van der Waals surface area contributed by atoms with Gasteiger partial charge in [0.1, 0.15) is 17.9 Å². The van der Waals surface area contributed by atoms with Crippen LogP contribution in [0.1, 0.15) is 16.8 Å². The molecule has 1 saturated heterocycles. The fourth-order valence-corrected chi connectivity index (χ4v) is 2.84. The molecule has 0 aliphatic carbocycles. The molecule has 0 N–H and O–H groups in total. The lowest BCUT2D eigenvalue weighted by atomic mass is 10.1. The molecule has 2 heterocycles. The second-order valence-corrected chi connectivity index (χ2v) is 6.42. The predicted molar refractivity (Wildman–Crippen MR) is 97.0 cm³/mol. The Hall–Kier alpha value is -2.63. The van der Waals surface area contributed by atoms with Gasteiger partial charge in [0.25, 0.3) is 5.91 Å². The third kappa shape index (κ3) is 4.26. The Balaban J connectivity index is 1.50. The Labute approximate surface area is 148 Å². The van der Waals surface area contributed by atoms with E-state index in [-0.39, 0.29) is 12.5 Å². The van der Waals surface area contributed by atoms with Gasteiger partial charge in [-0.25, -0.2) is 9.97 Å². The lowest BCUT2D eigenvalue weighted by Crippen LogP contribution is -2.50. The smallest absolute Gasteiger partial charge is 0.260 e. The summed E-state index contributed by atoms with van der Waals surface area (Å²) in [5.41, 5.74) is 3.33. The monoisotopic (exact) mass is 340 g/mol. The number of piperazine rings is 1. The zero-order valence-corrected chi connectivity index (χ0v) is 15.0. The molecule has 3 rings (SSSR count). The van der Waals surface area contributed by atoms with E-state index in [0.29, 0.717) is 13.1 Å². The molecule has 6 heteroatoms. The SMILES string of the molecule is Cc1cc(N2CCN(C(=O)COc3ccc(C)c(C)c3)CC2)ncn1. The maximum Gasteiger partial charge on any atom is 0.260 e. The van der Waals surface area contributed by atoms with E-state index in [9.17, 15) is 4.79 Å². The van der Waals surface area contributed by atoms with Gasteiger partial charge >= 0.3 is 0 Å². The number of amides is 1. The van der Waals surface area contributed by atoms with Crippen LogP contribution in [0.15, 0.2) is 30.6 Å². The minimum absolute atomic E-state index is 0.0248. The molecular weight excluding hydrogens is 316 g/mol. The molecule has 0 unspecified atom stereocenters. The highest BCUT2D eigenvalue weighted by atomic mass is 16.5. The summed E-state index contributed by atoms with van der Waals surface area (Å²) in [5, 5.41) is 0. The molecule has 1 fully saturated rings. The molecule has 6 nitrogen and oxygen atoms in total. The van der Waals surface area contributed by atoms with E-state index in [1.807, 2.05) is 43.0 Å². The van der Waals surface area contributed by atoms with Gasteiger partial charge < -0.3 is 14.5 Å². The topological polar surface area (TPSA) is 58.6 Å². The van der Waals surface area contributed by atoms with E-state index < -0.39 is 0 Å². The van der Waals surface area contributed by atoms with Crippen molar-refractivity contribution in [3.8, 4) is 5.75 Å². The van der Waals surface area contributed by atoms with Gasteiger partial charge in [-0.1, -0.05) is 6.07 Å². The highest BCUT2D eigenvalue weighted by Crippen LogP contribution is 2.17. The van der Waals surface area contributed by atoms with Crippen molar-refractivity contribution < 1.29 is 9.53 Å². The van der Waals surface area contributed by atoms with E-state index >= 15 is 0 Å². The summed E-state index contributed by atoms with van der Waals surface area (Å²) in [7, 11) is 0. The van der Waals surface area contributed by atoms with Crippen LogP contribution >= 0.6 is 0 Å². The molecule has 1 aliphatic heterocycles. The zero-order chi connectivity index (χ0) is 17.8. The van der Waals surface area contributed by atoms with Crippen molar-refractivity contribution in [2.45, 2.75) is 20.8 Å². The summed E-state index contributed by atoms with van der Waals surface area (Å²) < 4.78 is 5.66. The number of aromatic nitrogens is 2. The molecule has 0 bridgehead atoms. The molecule has 1 aromatic carbocycles. The van der Waals surface area contributed by atoms with Crippen molar-refractivity contribution in [2.24, 2.45) is 0 Å². The highest BCUT2D eigenvalue weighted by Gasteiger charge is 2.22. The number of hydrogen-bond donors (Lipinski definition) is 0. The highest BCUT2D eigenvalue weighted by molar-refractivity contribution is 5.78. The van der Waals surface area contributed by atoms with Crippen LogP contribution < -0.4 is 9.64 Å². The Morgan fingerprint density at radius 3 is 2.48 bits per heavy atom. The Kier molecular flexibility index (Phi) is 5.16. The van der Waals surface area contributed by atoms with E-state index in [0.717, 1.165) is 30.4 Å². The maximum atomic E-state index is 12.4. The molecule has 1 aromatic heterocycles. The first-order valence-corrected chi connectivity index (χ1v) is 8.54. The second kappa shape index (κ2) is 7.51. The molecule has 2 aromatic rings. The number of ether oxygens (including phenoxy) is 1. The molecule has 1 aliphatic rings. The van der Waals surface area contributed by atoms with Crippen LogP contribution in [0.3, 0.4) is 0 Å². The van der Waals surface area contributed by atoms with E-state index in [2.05, 4.69) is 21.8 Å². The normalized spacial score (nSPS) is 14.5. The average Bonchev–Trinajstić information content (AvgIpc) is 2.62. The minimum atomic E-state index is 0.0248. The number of nitrogens with zero attached hydrogens (tertiary/aromatic N) is 4. The fraction of sp³-hybridized carbons (Fsp3) is 0.421. The summed E-state index contributed by atoms with van der Waals surface area (Å²) in [6.07, 6.45) is 1.58. The van der Waals surface area contributed by atoms with Crippen LogP contribution in [0.4, 0.5) is 5.82 Å². The molecule has 0 radical (unpaired) electrons. The summed E-state index contributed by atoms with van der Waals surface area (Å²) in [6.45, 7) is 9.03. The van der Waals surface area contributed by atoms with Gasteiger partial charge in [-0.3, -0.25) is 4.79 Å².